The summed E-state index contributed by atoms with van der Waals surface area (Å²) in [4.78, 5) is 32.2. The fourth-order valence-electron chi connectivity index (χ4n) is 3.98. The summed E-state index contributed by atoms with van der Waals surface area (Å²) in [5, 5.41) is 4.84. The maximum atomic E-state index is 13.2. The van der Waals surface area contributed by atoms with Crippen LogP contribution in [-0.4, -0.2) is 39.5 Å². The van der Waals surface area contributed by atoms with Crippen LogP contribution in [-0.2, 0) is 20.8 Å². The standard InChI is InChI=1S/C26H26N4O3/c1-19-18-30(27-24(19)21-13-7-4-8-14-21)23-15-9-10-16-29(23)22(25(31)26(32)28-33-2)17-20-11-5-3-6-12-20/h3-16,18,22-23H,17H2,1-2H3,(H,28,32)/t22?,23-/m1/s1. The van der Waals surface area contributed by atoms with Crippen molar-refractivity contribution in [3.63, 3.8) is 0 Å². The summed E-state index contributed by atoms with van der Waals surface area (Å²) in [5.41, 5.74) is 6.03. The van der Waals surface area contributed by atoms with E-state index in [0.29, 0.717) is 6.42 Å². The Bertz CT molecular complexity index is 1170. The van der Waals surface area contributed by atoms with E-state index in [4.69, 9.17) is 9.94 Å². The molecular formula is C26H26N4O3. The van der Waals surface area contributed by atoms with Gasteiger partial charge >= 0.3 is 5.91 Å². The minimum atomic E-state index is -0.790. The predicted molar refractivity (Wildman–Crippen MR) is 126 cm³/mol. The average molecular weight is 443 g/mol. The van der Waals surface area contributed by atoms with Crippen molar-refractivity contribution in [3.8, 4) is 11.3 Å². The lowest BCUT2D eigenvalue weighted by Gasteiger charge is -2.36. The predicted octanol–water partition coefficient (Wildman–Crippen LogP) is 3.60. The van der Waals surface area contributed by atoms with E-state index in [1.807, 2.05) is 108 Å². The van der Waals surface area contributed by atoms with Crippen LogP contribution < -0.4 is 5.48 Å². The first-order valence-electron chi connectivity index (χ1n) is 10.7. The van der Waals surface area contributed by atoms with Gasteiger partial charge in [0, 0.05) is 24.4 Å². The Balaban J connectivity index is 1.70. The van der Waals surface area contributed by atoms with Gasteiger partial charge in [0.1, 0.15) is 12.2 Å². The molecule has 7 heteroatoms. The Labute approximate surface area is 192 Å². The molecule has 2 atom stereocenters. The van der Waals surface area contributed by atoms with Crippen molar-refractivity contribution >= 4 is 11.7 Å². The zero-order valence-electron chi connectivity index (χ0n) is 18.6. The number of Topliss-reactive ketones (excluding diaryl/α,β-unsaturated/α-hetero) is 1. The van der Waals surface area contributed by atoms with Gasteiger partial charge < -0.3 is 4.90 Å². The van der Waals surface area contributed by atoms with Crippen LogP contribution in [0.1, 0.15) is 17.3 Å². The van der Waals surface area contributed by atoms with Gasteiger partial charge in [-0.1, -0.05) is 66.7 Å². The molecule has 1 amide bonds. The Hall–Kier alpha value is -3.97. The number of hydrogen-bond donors (Lipinski definition) is 1. The van der Waals surface area contributed by atoms with Gasteiger partial charge in [-0.3, -0.25) is 14.4 Å². The van der Waals surface area contributed by atoms with Crippen molar-refractivity contribution < 1.29 is 14.4 Å². The van der Waals surface area contributed by atoms with Crippen LogP contribution in [0.4, 0.5) is 0 Å². The number of ketones is 1. The van der Waals surface area contributed by atoms with Gasteiger partial charge in [-0.2, -0.15) is 5.10 Å². The molecule has 0 aliphatic carbocycles. The van der Waals surface area contributed by atoms with Gasteiger partial charge in [0.05, 0.1) is 12.8 Å². The second kappa shape index (κ2) is 10.1. The molecule has 0 radical (unpaired) electrons. The van der Waals surface area contributed by atoms with Gasteiger partial charge in [-0.15, -0.1) is 0 Å². The number of nitrogens with zero attached hydrogens (tertiary/aromatic N) is 3. The van der Waals surface area contributed by atoms with Crippen LogP contribution in [0.15, 0.2) is 91.3 Å². The van der Waals surface area contributed by atoms with Gasteiger partial charge in [0.25, 0.3) is 0 Å². The molecule has 0 spiro atoms. The number of rotatable bonds is 8. The van der Waals surface area contributed by atoms with Gasteiger partial charge in [0.15, 0.2) is 0 Å². The van der Waals surface area contributed by atoms with Crippen LogP contribution >= 0.6 is 0 Å². The molecule has 168 valence electrons. The summed E-state index contributed by atoms with van der Waals surface area (Å²) in [5.74, 6) is -1.38. The maximum absolute atomic E-state index is 13.2. The van der Waals surface area contributed by atoms with E-state index < -0.39 is 17.7 Å². The molecule has 1 unspecified atom stereocenters. The van der Waals surface area contributed by atoms with Crippen molar-refractivity contribution in [3.05, 3.63) is 102 Å². The number of hydroxylamine groups is 1. The van der Waals surface area contributed by atoms with Crippen molar-refractivity contribution in [2.24, 2.45) is 0 Å². The molecule has 33 heavy (non-hydrogen) atoms. The Kier molecular flexibility index (Phi) is 6.80. The second-order valence-electron chi connectivity index (χ2n) is 7.80. The van der Waals surface area contributed by atoms with Crippen LogP contribution in [0, 0.1) is 6.92 Å². The van der Waals surface area contributed by atoms with Gasteiger partial charge in [-0.25, -0.2) is 10.2 Å². The van der Waals surface area contributed by atoms with E-state index in [1.54, 1.807) is 0 Å². The maximum Gasteiger partial charge on any atom is 0.313 e. The normalized spacial score (nSPS) is 15.9. The molecule has 1 aliphatic rings. The molecule has 1 aromatic heterocycles. The molecule has 2 aromatic carbocycles. The first-order chi connectivity index (χ1) is 16.1. The molecule has 0 fully saturated rings. The van der Waals surface area contributed by atoms with E-state index in [2.05, 4.69) is 5.48 Å². The molecule has 4 rings (SSSR count). The number of allylic oxidation sites excluding steroid dienone is 2. The monoisotopic (exact) mass is 442 g/mol. The van der Waals surface area contributed by atoms with E-state index >= 15 is 0 Å². The summed E-state index contributed by atoms with van der Waals surface area (Å²) in [6, 6.07) is 18.8. The van der Waals surface area contributed by atoms with Crippen molar-refractivity contribution in [1.29, 1.82) is 0 Å². The second-order valence-corrected chi connectivity index (χ2v) is 7.80. The Morgan fingerprint density at radius 3 is 2.45 bits per heavy atom. The van der Waals surface area contributed by atoms with E-state index in [9.17, 15) is 9.59 Å². The highest BCUT2D eigenvalue weighted by Gasteiger charge is 2.34. The minimum absolute atomic E-state index is 0.358. The molecule has 3 aromatic rings. The molecule has 1 N–H and O–H groups in total. The highest BCUT2D eigenvalue weighted by Crippen LogP contribution is 2.28. The lowest BCUT2D eigenvalue weighted by atomic mass is 9.99. The van der Waals surface area contributed by atoms with Crippen molar-refractivity contribution in [1.82, 2.24) is 20.2 Å². The lowest BCUT2D eigenvalue weighted by molar-refractivity contribution is -0.147. The smallest absolute Gasteiger partial charge is 0.313 e. The fourth-order valence-corrected chi connectivity index (χ4v) is 3.98. The molecule has 0 saturated carbocycles. The topological polar surface area (TPSA) is 76.5 Å². The minimum Gasteiger partial charge on any atom is -0.342 e. The molecule has 7 nitrogen and oxygen atoms in total. The number of aromatic nitrogens is 2. The number of carbonyl (C=O) groups excluding carboxylic acids is 2. The lowest BCUT2D eigenvalue weighted by Crippen LogP contribution is -2.49. The number of hydrogen-bond acceptors (Lipinski definition) is 5. The number of benzene rings is 2. The van der Waals surface area contributed by atoms with Gasteiger partial charge in [0.2, 0.25) is 5.78 Å². The van der Waals surface area contributed by atoms with Crippen LogP contribution in [0.3, 0.4) is 0 Å². The summed E-state index contributed by atoms with van der Waals surface area (Å²) < 4.78 is 1.83. The molecular weight excluding hydrogens is 416 g/mol. The zero-order valence-corrected chi connectivity index (χ0v) is 18.6. The van der Waals surface area contributed by atoms with Crippen molar-refractivity contribution in [2.45, 2.75) is 25.6 Å². The fraction of sp³-hybridized carbons (Fsp3) is 0.192. The first kappa shape index (κ1) is 22.2. The number of carbonyl (C=O) groups is 2. The third-order valence-electron chi connectivity index (χ3n) is 5.54. The summed E-state index contributed by atoms with van der Waals surface area (Å²) in [7, 11) is 1.31. The summed E-state index contributed by atoms with van der Waals surface area (Å²) >= 11 is 0. The van der Waals surface area contributed by atoms with Crippen molar-refractivity contribution in [2.75, 3.05) is 7.11 Å². The summed E-state index contributed by atoms with van der Waals surface area (Å²) in [6.45, 7) is 2.01. The van der Waals surface area contributed by atoms with Crippen LogP contribution in [0.25, 0.3) is 11.3 Å². The SMILES string of the molecule is CONC(=O)C(=O)C(Cc1ccccc1)N1C=CC=C[C@H]1n1cc(C)c(-c2ccccc2)n1. The quantitative estimate of drug-likeness (QED) is 0.426. The Morgan fingerprint density at radius 2 is 1.76 bits per heavy atom. The number of aryl methyl sites for hydroxylation is 1. The Morgan fingerprint density at radius 1 is 1.06 bits per heavy atom. The molecule has 1 aliphatic heterocycles. The van der Waals surface area contributed by atoms with E-state index in [-0.39, 0.29) is 6.17 Å². The molecule has 0 saturated heterocycles. The van der Waals surface area contributed by atoms with E-state index in [1.165, 1.54) is 7.11 Å². The van der Waals surface area contributed by atoms with Crippen LogP contribution in [0.2, 0.25) is 0 Å². The first-order valence-corrected chi connectivity index (χ1v) is 10.7. The number of nitrogens with one attached hydrogen (secondary N) is 1. The molecule has 0 bridgehead atoms. The highest BCUT2D eigenvalue weighted by atomic mass is 16.6. The average Bonchev–Trinajstić information content (AvgIpc) is 3.25. The highest BCUT2D eigenvalue weighted by molar-refractivity contribution is 6.37. The zero-order chi connectivity index (χ0) is 23.2. The van der Waals surface area contributed by atoms with Gasteiger partial charge in [-0.05, 0) is 30.2 Å². The third-order valence-corrected chi connectivity index (χ3v) is 5.54. The largest absolute Gasteiger partial charge is 0.342 e. The molecule has 2 heterocycles. The summed E-state index contributed by atoms with van der Waals surface area (Å²) in [6.07, 6.45) is 9.50. The van der Waals surface area contributed by atoms with E-state index in [0.717, 1.165) is 22.4 Å². The number of amides is 1. The third kappa shape index (κ3) is 4.94. The van der Waals surface area contributed by atoms with Crippen LogP contribution in [0.5, 0.6) is 0 Å².